The molecule has 3 aliphatic rings. The highest BCUT2D eigenvalue weighted by atomic mass is 32.2. The average Bonchev–Trinajstić information content (AvgIpc) is 3.11. The predicted molar refractivity (Wildman–Crippen MR) is 76.9 cm³/mol. The molecular formula is C15H26O4S. The Morgan fingerprint density at radius 1 is 1.05 bits per heavy atom. The van der Waals surface area contributed by atoms with Crippen LogP contribution in [0.3, 0.4) is 0 Å². The van der Waals surface area contributed by atoms with E-state index in [9.17, 15) is 18.6 Å². The number of fused-ring (bicyclic) bond motifs is 2. The summed E-state index contributed by atoms with van der Waals surface area (Å²) in [5, 5.41) is 19.8. The molecule has 0 radical (unpaired) electrons. The largest absolute Gasteiger partial charge is 0.396 e. The second kappa shape index (κ2) is 5.25. The monoisotopic (exact) mass is 302 g/mol. The molecule has 0 aromatic heterocycles. The second-order valence-corrected chi connectivity index (χ2v) is 9.65. The lowest BCUT2D eigenvalue weighted by Crippen LogP contribution is -2.41. The van der Waals surface area contributed by atoms with E-state index in [4.69, 9.17) is 0 Å². The van der Waals surface area contributed by atoms with Gasteiger partial charge in [-0.2, -0.15) is 0 Å². The molecule has 1 saturated heterocycles. The Morgan fingerprint density at radius 2 is 1.80 bits per heavy atom. The summed E-state index contributed by atoms with van der Waals surface area (Å²) in [5.74, 6) is 2.46. The molecule has 116 valence electrons. The minimum Gasteiger partial charge on any atom is -0.396 e. The molecule has 4 atom stereocenters. The van der Waals surface area contributed by atoms with Gasteiger partial charge in [0.05, 0.1) is 24.7 Å². The van der Waals surface area contributed by atoms with E-state index in [1.54, 1.807) is 0 Å². The van der Waals surface area contributed by atoms with E-state index in [1.807, 2.05) is 0 Å². The van der Waals surface area contributed by atoms with E-state index in [0.717, 1.165) is 18.3 Å². The summed E-state index contributed by atoms with van der Waals surface area (Å²) >= 11 is 0. The standard InChI is InChI=1S/C15H26O4S/c16-9-15(10-17,14-3-4-20(18,19)8-14)7-13-6-11-1-2-12(13)5-11/h11-14,16-17H,1-10H2. The highest BCUT2D eigenvalue weighted by Crippen LogP contribution is 2.53. The van der Waals surface area contributed by atoms with Crippen molar-refractivity contribution in [3.05, 3.63) is 0 Å². The van der Waals surface area contributed by atoms with Crippen molar-refractivity contribution in [2.45, 2.75) is 38.5 Å². The van der Waals surface area contributed by atoms with Crippen molar-refractivity contribution >= 4 is 9.84 Å². The van der Waals surface area contributed by atoms with E-state index in [2.05, 4.69) is 0 Å². The number of hydrogen-bond acceptors (Lipinski definition) is 4. The topological polar surface area (TPSA) is 74.6 Å². The maximum atomic E-state index is 11.7. The summed E-state index contributed by atoms with van der Waals surface area (Å²) in [4.78, 5) is 0. The van der Waals surface area contributed by atoms with Gasteiger partial charge in [-0.05, 0) is 55.8 Å². The average molecular weight is 302 g/mol. The number of rotatable bonds is 5. The Labute approximate surface area is 121 Å². The Hall–Kier alpha value is -0.130. The first-order chi connectivity index (χ1) is 9.48. The fraction of sp³-hybridized carbons (Fsp3) is 1.00. The number of aliphatic hydroxyl groups excluding tert-OH is 2. The molecule has 4 unspecified atom stereocenters. The highest BCUT2D eigenvalue weighted by molar-refractivity contribution is 7.91. The van der Waals surface area contributed by atoms with E-state index < -0.39 is 15.3 Å². The maximum Gasteiger partial charge on any atom is 0.150 e. The van der Waals surface area contributed by atoms with Crippen LogP contribution in [0.1, 0.15) is 38.5 Å². The molecule has 5 heteroatoms. The molecule has 2 aliphatic carbocycles. The zero-order valence-corrected chi connectivity index (χ0v) is 12.8. The van der Waals surface area contributed by atoms with Crippen LogP contribution in [0, 0.1) is 29.1 Å². The van der Waals surface area contributed by atoms with Crippen molar-refractivity contribution in [2.24, 2.45) is 29.1 Å². The first kappa shape index (κ1) is 14.8. The molecule has 4 nitrogen and oxygen atoms in total. The van der Waals surface area contributed by atoms with E-state index >= 15 is 0 Å². The van der Waals surface area contributed by atoms with Crippen LogP contribution in [-0.2, 0) is 9.84 Å². The van der Waals surface area contributed by atoms with Crippen molar-refractivity contribution < 1.29 is 18.6 Å². The van der Waals surface area contributed by atoms with Crippen molar-refractivity contribution in [3.63, 3.8) is 0 Å². The van der Waals surface area contributed by atoms with Crippen molar-refractivity contribution in [1.29, 1.82) is 0 Å². The Morgan fingerprint density at radius 3 is 2.25 bits per heavy atom. The zero-order valence-electron chi connectivity index (χ0n) is 12.0. The summed E-state index contributed by atoms with van der Waals surface area (Å²) in [7, 11) is -2.96. The van der Waals surface area contributed by atoms with Crippen LogP contribution in [0.2, 0.25) is 0 Å². The van der Waals surface area contributed by atoms with E-state index in [0.29, 0.717) is 12.3 Å². The van der Waals surface area contributed by atoms with Gasteiger partial charge in [-0.1, -0.05) is 6.42 Å². The van der Waals surface area contributed by atoms with Gasteiger partial charge in [-0.3, -0.25) is 0 Å². The van der Waals surface area contributed by atoms with Crippen LogP contribution in [0.25, 0.3) is 0 Å². The molecule has 0 aromatic carbocycles. The van der Waals surface area contributed by atoms with Crippen molar-refractivity contribution in [2.75, 3.05) is 24.7 Å². The van der Waals surface area contributed by atoms with Crippen LogP contribution < -0.4 is 0 Å². The Bertz CT molecular complexity index is 454. The van der Waals surface area contributed by atoms with Gasteiger partial charge in [-0.15, -0.1) is 0 Å². The predicted octanol–water partition coefficient (Wildman–Crippen LogP) is 1.22. The second-order valence-electron chi connectivity index (χ2n) is 7.42. The molecule has 3 fully saturated rings. The molecule has 2 saturated carbocycles. The van der Waals surface area contributed by atoms with Crippen LogP contribution in [0.4, 0.5) is 0 Å². The lowest BCUT2D eigenvalue weighted by Gasteiger charge is -2.39. The van der Waals surface area contributed by atoms with Gasteiger partial charge in [0.1, 0.15) is 0 Å². The summed E-state index contributed by atoms with van der Waals surface area (Å²) in [6.07, 6.45) is 6.55. The van der Waals surface area contributed by atoms with E-state index in [1.165, 1.54) is 25.7 Å². The van der Waals surface area contributed by atoms with Gasteiger partial charge in [0.2, 0.25) is 0 Å². The molecule has 0 amide bonds. The lowest BCUT2D eigenvalue weighted by atomic mass is 9.67. The van der Waals surface area contributed by atoms with Gasteiger partial charge >= 0.3 is 0 Å². The van der Waals surface area contributed by atoms with Gasteiger partial charge in [0.15, 0.2) is 9.84 Å². The van der Waals surface area contributed by atoms with Gasteiger partial charge in [0.25, 0.3) is 0 Å². The third-order valence-corrected chi connectivity index (χ3v) is 8.05. The third kappa shape index (κ3) is 2.53. The summed E-state index contributed by atoms with van der Waals surface area (Å²) in [6.45, 7) is -0.171. The molecule has 1 aliphatic heterocycles. The normalized spacial score (nSPS) is 39.5. The molecule has 2 bridgehead atoms. The maximum absolute atomic E-state index is 11.7. The Kier molecular flexibility index (Phi) is 3.89. The van der Waals surface area contributed by atoms with Gasteiger partial charge in [-0.25, -0.2) is 8.42 Å². The first-order valence-corrected chi connectivity index (χ1v) is 9.72. The molecule has 1 heterocycles. The summed E-state index contributed by atoms with van der Waals surface area (Å²) < 4.78 is 23.4. The minimum atomic E-state index is -2.96. The van der Waals surface area contributed by atoms with Gasteiger partial charge in [0, 0.05) is 5.41 Å². The quantitative estimate of drug-likeness (QED) is 0.801. The fourth-order valence-corrected chi connectivity index (χ4v) is 6.97. The molecule has 2 N–H and O–H groups in total. The third-order valence-electron chi connectivity index (χ3n) is 6.28. The van der Waals surface area contributed by atoms with Crippen molar-refractivity contribution in [3.8, 4) is 0 Å². The van der Waals surface area contributed by atoms with Crippen LogP contribution in [0.15, 0.2) is 0 Å². The zero-order chi connectivity index (χ0) is 14.4. The molecule has 0 spiro atoms. The SMILES string of the molecule is O=S1(=O)CCC(C(CO)(CO)CC2CC3CCC2C3)C1. The minimum absolute atomic E-state index is 0.0679. The highest BCUT2D eigenvalue weighted by Gasteiger charge is 2.49. The van der Waals surface area contributed by atoms with Crippen LogP contribution in [-0.4, -0.2) is 43.4 Å². The summed E-state index contributed by atoms with van der Waals surface area (Å²) in [6, 6.07) is 0. The van der Waals surface area contributed by atoms with Crippen molar-refractivity contribution in [1.82, 2.24) is 0 Å². The first-order valence-electron chi connectivity index (χ1n) is 7.90. The number of sulfone groups is 1. The number of hydrogen-bond donors (Lipinski definition) is 2. The summed E-state index contributed by atoms with van der Waals surface area (Å²) in [5.41, 5.74) is -0.585. The van der Waals surface area contributed by atoms with Crippen LogP contribution >= 0.6 is 0 Å². The van der Waals surface area contributed by atoms with Crippen LogP contribution in [0.5, 0.6) is 0 Å². The lowest BCUT2D eigenvalue weighted by molar-refractivity contribution is -0.0142. The van der Waals surface area contributed by atoms with E-state index in [-0.39, 0.29) is 30.6 Å². The molecule has 20 heavy (non-hydrogen) atoms. The fourth-order valence-electron chi connectivity index (χ4n) is 5.03. The molecular weight excluding hydrogens is 276 g/mol. The molecule has 3 rings (SSSR count). The van der Waals surface area contributed by atoms with Gasteiger partial charge < -0.3 is 10.2 Å². The Balaban J connectivity index is 1.74. The molecule has 0 aromatic rings. The smallest absolute Gasteiger partial charge is 0.150 e. The number of aliphatic hydroxyl groups is 2.